The Morgan fingerprint density at radius 2 is 2.13 bits per heavy atom. The van der Waals surface area contributed by atoms with E-state index in [1.54, 1.807) is 4.31 Å². The van der Waals surface area contributed by atoms with Gasteiger partial charge in [0.2, 0.25) is 10.0 Å². The molecular formula is C16H24N4O2S. The second-order valence-corrected chi connectivity index (χ2v) is 8.85. The van der Waals surface area contributed by atoms with E-state index < -0.39 is 10.0 Å². The maximum absolute atomic E-state index is 12.0. The quantitative estimate of drug-likeness (QED) is 0.821. The molecule has 23 heavy (non-hydrogen) atoms. The van der Waals surface area contributed by atoms with Gasteiger partial charge >= 0.3 is 0 Å². The van der Waals surface area contributed by atoms with Gasteiger partial charge in [0.05, 0.1) is 17.1 Å². The van der Waals surface area contributed by atoms with Gasteiger partial charge in [-0.05, 0) is 31.4 Å². The van der Waals surface area contributed by atoms with Crippen LogP contribution in [0.3, 0.4) is 0 Å². The van der Waals surface area contributed by atoms with Crippen molar-refractivity contribution in [1.29, 1.82) is 0 Å². The summed E-state index contributed by atoms with van der Waals surface area (Å²) < 4.78 is 25.6. The summed E-state index contributed by atoms with van der Waals surface area (Å²) >= 11 is 0. The normalized spacial score (nSPS) is 27.7. The fourth-order valence-electron chi connectivity index (χ4n) is 4.10. The van der Waals surface area contributed by atoms with Gasteiger partial charge in [0.25, 0.3) is 0 Å². The van der Waals surface area contributed by atoms with Gasteiger partial charge in [-0.3, -0.25) is 9.88 Å². The zero-order valence-electron chi connectivity index (χ0n) is 13.4. The van der Waals surface area contributed by atoms with Gasteiger partial charge < -0.3 is 4.90 Å². The molecule has 0 saturated carbocycles. The molecule has 0 spiro atoms. The number of pyridine rings is 1. The summed E-state index contributed by atoms with van der Waals surface area (Å²) in [6, 6.07) is 4.73. The molecule has 0 amide bonds. The average molecular weight is 336 g/mol. The highest BCUT2D eigenvalue weighted by Crippen LogP contribution is 2.31. The smallest absolute Gasteiger partial charge is 0.214 e. The first-order valence-corrected chi connectivity index (χ1v) is 10.2. The lowest BCUT2D eigenvalue weighted by molar-refractivity contribution is 0.235. The second kappa shape index (κ2) is 6.03. The minimum absolute atomic E-state index is 0.313. The number of anilines is 1. The lowest BCUT2D eigenvalue weighted by Gasteiger charge is -2.28. The third-order valence-corrected chi connectivity index (χ3v) is 7.22. The lowest BCUT2D eigenvalue weighted by atomic mass is 10.2. The number of hydrogen-bond acceptors (Lipinski definition) is 5. The van der Waals surface area contributed by atoms with Crippen molar-refractivity contribution in [2.75, 3.05) is 43.4 Å². The van der Waals surface area contributed by atoms with Crippen molar-refractivity contribution in [2.45, 2.75) is 31.8 Å². The lowest BCUT2D eigenvalue weighted by Crippen LogP contribution is -2.41. The molecule has 3 aliphatic heterocycles. The highest BCUT2D eigenvalue weighted by molar-refractivity contribution is 7.89. The van der Waals surface area contributed by atoms with Gasteiger partial charge in [0.1, 0.15) is 0 Å². The molecular weight excluding hydrogens is 312 g/mol. The van der Waals surface area contributed by atoms with Crippen LogP contribution in [0.15, 0.2) is 18.3 Å². The zero-order chi connectivity index (χ0) is 15.9. The number of sulfonamides is 1. The summed E-state index contributed by atoms with van der Waals surface area (Å²) in [7, 11) is -2.99. The number of fused-ring (bicyclic) bond motifs is 3. The van der Waals surface area contributed by atoms with Crippen LogP contribution < -0.4 is 4.90 Å². The molecule has 4 heterocycles. The van der Waals surface area contributed by atoms with Crippen LogP contribution >= 0.6 is 0 Å². The molecule has 1 atom stereocenters. The van der Waals surface area contributed by atoms with Crippen LogP contribution in [0.2, 0.25) is 0 Å². The van der Waals surface area contributed by atoms with Crippen LogP contribution in [-0.4, -0.2) is 67.1 Å². The largest absolute Gasteiger partial charge is 0.366 e. The maximum Gasteiger partial charge on any atom is 0.214 e. The molecule has 7 heteroatoms. The summed E-state index contributed by atoms with van der Waals surface area (Å²) in [5, 5.41) is 0. The number of aromatic nitrogens is 1. The molecule has 0 bridgehead atoms. The minimum atomic E-state index is -2.99. The van der Waals surface area contributed by atoms with E-state index in [0.717, 1.165) is 38.3 Å². The first-order valence-electron chi connectivity index (χ1n) is 8.54. The van der Waals surface area contributed by atoms with E-state index in [0.29, 0.717) is 24.9 Å². The van der Waals surface area contributed by atoms with Crippen molar-refractivity contribution >= 4 is 15.7 Å². The second-order valence-electron chi connectivity index (χ2n) is 6.76. The molecule has 0 radical (unpaired) electrons. The Bertz CT molecular complexity index is 678. The molecule has 0 N–H and O–H groups in total. The molecule has 1 aromatic heterocycles. The molecule has 2 saturated heterocycles. The Hall–Kier alpha value is -1.18. The Kier molecular flexibility index (Phi) is 4.03. The van der Waals surface area contributed by atoms with Gasteiger partial charge in [-0.2, -0.15) is 0 Å². The van der Waals surface area contributed by atoms with Crippen LogP contribution in [0, 0.1) is 0 Å². The predicted octanol–water partition coefficient (Wildman–Crippen LogP) is 0.902. The number of rotatable bonds is 3. The highest BCUT2D eigenvalue weighted by Gasteiger charge is 2.33. The van der Waals surface area contributed by atoms with E-state index in [4.69, 9.17) is 0 Å². The highest BCUT2D eigenvalue weighted by atomic mass is 32.2. The van der Waals surface area contributed by atoms with Crippen LogP contribution in [0.4, 0.5) is 5.69 Å². The molecule has 0 aromatic carbocycles. The van der Waals surface area contributed by atoms with Crippen LogP contribution in [-0.2, 0) is 16.6 Å². The molecule has 126 valence electrons. The first kappa shape index (κ1) is 15.4. The van der Waals surface area contributed by atoms with Crippen LogP contribution in [0.5, 0.6) is 0 Å². The van der Waals surface area contributed by atoms with Gasteiger partial charge in [-0.1, -0.05) is 0 Å². The van der Waals surface area contributed by atoms with Crippen molar-refractivity contribution in [3.8, 4) is 0 Å². The molecule has 4 rings (SSSR count). The number of hydrogen-bond donors (Lipinski definition) is 0. The Morgan fingerprint density at radius 1 is 1.22 bits per heavy atom. The Labute approximate surface area is 138 Å². The van der Waals surface area contributed by atoms with Gasteiger partial charge in [0, 0.05) is 51.5 Å². The molecule has 2 fully saturated rings. The molecule has 0 aliphatic carbocycles. The summed E-state index contributed by atoms with van der Waals surface area (Å²) in [6.07, 6.45) is 5.07. The predicted molar refractivity (Wildman–Crippen MR) is 89.9 cm³/mol. The van der Waals surface area contributed by atoms with Crippen molar-refractivity contribution in [3.63, 3.8) is 0 Å². The standard InChI is InChI=1S/C16H24N4O2S/c21-23(22)11-3-7-19(23)10-9-18-12-14-4-2-8-20(14)16-5-1-6-17-15(16)13-18/h1,5-6,14H,2-4,7-13H2/t14-/m0/s1. The summed E-state index contributed by atoms with van der Waals surface area (Å²) in [4.78, 5) is 9.46. The van der Waals surface area contributed by atoms with Crippen LogP contribution in [0.1, 0.15) is 25.0 Å². The monoisotopic (exact) mass is 336 g/mol. The zero-order valence-corrected chi connectivity index (χ0v) is 14.2. The van der Waals surface area contributed by atoms with Crippen LogP contribution in [0.25, 0.3) is 0 Å². The molecule has 0 unspecified atom stereocenters. The molecule has 6 nitrogen and oxygen atoms in total. The Balaban J connectivity index is 1.50. The molecule has 1 aromatic rings. The Morgan fingerprint density at radius 3 is 2.96 bits per heavy atom. The summed E-state index contributed by atoms with van der Waals surface area (Å²) in [5.41, 5.74) is 2.40. The minimum Gasteiger partial charge on any atom is -0.366 e. The van der Waals surface area contributed by atoms with Gasteiger partial charge in [0.15, 0.2) is 0 Å². The van der Waals surface area contributed by atoms with E-state index in [-0.39, 0.29) is 0 Å². The van der Waals surface area contributed by atoms with Crippen molar-refractivity contribution in [3.05, 3.63) is 24.0 Å². The average Bonchev–Trinajstić information content (AvgIpc) is 3.08. The van der Waals surface area contributed by atoms with Crippen molar-refractivity contribution < 1.29 is 8.42 Å². The van der Waals surface area contributed by atoms with E-state index in [1.165, 1.54) is 18.5 Å². The van der Waals surface area contributed by atoms with E-state index in [9.17, 15) is 8.42 Å². The van der Waals surface area contributed by atoms with Crippen molar-refractivity contribution in [2.24, 2.45) is 0 Å². The maximum atomic E-state index is 12.0. The van der Waals surface area contributed by atoms with E-state index in [1.807, 2.05) is 12.3 Å². The van der Waals surface area contributed by atoms with E-state index >= 15 is 0 Å². The van der Waals surface area contributed by atoms with Gasteiger partial charge in [-0.15, -0.1) is 0 Å². The number of nitrogens with zero attached hydrogens (tertiary/aromatic N) is 4. The fraction of sp³-hybridized carbons (Fsp3) is 0.688. The van der Waals surface area contributed by atoms with E-state index in [2.05, 4.69) is 20.9 Å². The third kappa shape index (κ3) is 2.97. The van der Waals surface area contributed by atoms with Gasteiger partial charge in [-0.25, -0.2) is 12.7 Å². The summed E-state index contributed by atoms with van der Waals surface area (Å²) in [6.45, 7) is 5.01. The topological polar surface area (TPSA) is 56.8 Å². The fourth-order valence-corrected chi connectivity index (χ4v) is 5.61. The van der Waals surface area contributed by atoms with Crippen molar-refractivity contribution in [1.82, 2.24) is 14.2 Å². The first-order chi connectivity index (χ1) is 11.1. The third-order valence-electron chi connectivity index (χ3n) is 5.26. The summed E-state index contributed by atoms with van der Waals surface area (Å²) in [5.74, 6) is 0.313. The molecule has 3 aliphatic rings. The SMILES string of the molecule is O=S1(=O)CCCN1CCN1Cc2ncccc2N2CCC[C@H]2C1.